The lowest BCUT2D eigenvalue weighted by Crippen LogP contribution is -2.02. The highest BCUT2D eigenvalue weighted by atomic mass is 15.0. The third-order valence-electron chi connectivity index (χ3n) is 3.19. The van der Waals surface area contributed by atoms with Crippen LogP contribution < -0.4 is 5.32 Å². The SMILES string of the molecule is CCCNc1cccc(-c2cnc3ccccc3c2)n1. The van der Waals surface area contributed by atoms with Crippen molar-refractivity contribution >= 4 is 16.7 Å². The Kier molecular flexibility index (Phi) is 3.59. The van der Waals surface area contributed by atoms with Gasteiger partial charge in [-0.1, -0.05) is 31.2 Å². The van der Waals surface area contributed by atoms with Crippen molar-refractivity contribution in [3.05, 3.63) is 54.7 Å². The maximum absolute atomic E-state index is 4.64. The molecule has 0 radical (unpaired) electrons. The molecule has 1 aromatic carbocycles. The van der Waals surface area contributed by atoms with Gasteiger partial charge in [-0.2, -0.15) is 0 Å². The van der Waals surface area contributed by atoms with Gasteiger partial charge in [0, 0.05) is 23.7 Å². The lowest BCUT2D eigenvalue weighted by atomic mass is 10.1. The van der Waals surface area contributed by atoms with Gasteiger partial charge >= 0.3 is 0 Å². The first kappa shape index (κ1) is 12.6. The van der Waals surface area contributed by atoms with E-state index in [2.05, 4.69) is 34.3 Å². The topological polar surface area (TPSA) is 37.8 Å². The first-order valence-electron chi connectivity index (χ1n) is 6.93. The minimum atomic E-state index is 0.914. The van der Waals surface area contributed by atoms with Gasteiger partial charge in [0.15, 0.2) is 0 Å². The van der Waals surface area contributed by atoms with E-state index >= 15 is 0 Å². The highest BCUT2D eigenvalue weighted by Gasteiger charge is 2.03. The number of para-hydroxylation sites is 1. The van der Waals surface area contributed by atoms with Crippen molar-refractivity contribution in [2.24, 2.45) is 0 Å². The van der Waals surface area contributed by atoms with E-state index in [0.29, 0.717) is 0 Å². The smallest absolute Gasteiger partial charge is 0.126 e. The minimum Gasteiger partial charge on any atom is -0.370 e. The zero-order valence-electron chi connectivity index (χ0n) is 11.5. The number of fused-ring (bicyclic) bond motifs is 1. The van der Waals surface area contributed by atoms with Gasteiger partial charge in [0.2, 0.25) is 0 Å². The van der Waals surface area contributed by atoms with Gasteiger partial charge in [-0.15, -0.1) is 0 Å². The van der Waals surface area contributed by atoms with E-state index in [9.17, 15) is 0 Å². The van der Waals surface area contributed by atoms with Crippen LogP contribution in [0.15, 0.2) is 54.7 Å². The Hall–Kier alpha value is -2.42. The molecule has 0 amide bonds. The van der Waals surface area contributed by atoms with Crippen LogP contribution in [0.4, 0.5) is 5.82 Å². The number of rotatable bonds is 4. The lowest BCUT2D eigenvalue weighted by molar-refractivity contribution is 0.970. The molecule has 0 aliphatic heterocycles. The van der Waals surface area contributed by atoms with Crippen molar-refractivity contribution in [1.29, 1.82) is 0 Å². The summed E-state index contributed by atoms with van der Waals surface area (Å²) in [6, 6.07) is 16.3. The quantitative estimate of drug-likeness (QED) is 0.769. The Morgan fingerprint density at radius 3 is 2.85 bits per heavy atom. The first-order valence-corrected chi connectivity index (χ1v) is 6.93. The number of aromatic nitrogens is 2. The molecule has 1 N–H and O–H groups in total. The Morgan fingerprint density at radius 2 is 1.95 bits per heavy atom. The third kappa shape index (κ3) is 2.62. The summed E-state index contributed by atoms with van der Waals surface area (Å²) in [5.41, 5.74) is 3.00. The molecule has 2 heterocycles. The summed E-state index contributed by atoms with van der Waals surface area (Å²) in [5, 5.41) is 4.45. The number of pyridine rings is 2. The van der Waals surface area contributed by atoms with Gasteiger partial charge in [-0.05, 0) is 30.7 Å². The second-order valence-electron chi connectivity index (χ2n) is 4.75. The van der Waals surface area contributed by atoms with Crippen LogP contribution in [0.5, 0.6) is 0 Å². The summed E-state index contributed by atoms with van der Waals surface area (Å²) in [5.74, 6) is 0.914. The molecule has 0 unspecified atom stereocenters. The fraction of sp³-hybridized carbons (Fsp3) is 0.176. The van der Waals surface area contributed by atoms with Gasteiger partial charge in [0.1, 0.15) is 5.82 Å². The fourth-order valence-corrected chi connectivity index (χ4v) is 2.16. The molecular formula is C17H17N3. The standard InChI is InChI=1S/C17H17N3/c1-2-10-18-17-9-5-8-16(20-17)14-11-13-6-3-4-7-15(13)19-12-14/h3-9,11-12H,2,10H2,1H3,(H,18,20). The molecule has 0 aliphatic carbocycles. The van der Waals surface area contributed by atoms with Crippen molar-refractivity contribution in [3.63, 3.8) is 0 Å². The molecule has 3 nitrogen and oxygen atoms in total. The van der Waals surface area contributed by atoms with Gasteiger partial charge in [-0.25, -0.2) is 4.98 Å². The van der Waals surface area contributed by atoms with Crippen LogP contribution in [-0.2, 0) is 0 Å². The summed E-state index contributed by atoms with van der Waals surface area (Å²) in [6.07, 6.45) is 2.97. The van der Waals surface area contributed by atoms with Gasteiger partial charge in [0.25, 0.3) is 0 Å². The molecule has 100 valence electrons. The summed E-state index contributed by atoms with van der Waals surface area (Å²) in [4.78, 5) is 9.13. The van der Waals surface area contributed by atoms with Crippen LogP contribution in [-0.4, -0.2) is 16.5 Å². The number of nitrogens with zero attached hydrogens (tertiary/aromatic N) is 2. The number of nitrogens with one attached hydrogen (secondary N) is 1. The number of anilines is 1. The van der Waals surface area contributed by atoms with E-state index in [0.717, 1.165) is 40.9 Å². The van der Waals surface area contributed by atoms with Gasteiger partial charge < -0.3 is 5.32 Å². The molecule has 0 spiro atoms. The molecular weight excluding hydrogens is 246 g/mol. The Morgan fingerprint density at radius 1 is 1.05 bits per heavy atom. The van der Waals surface area contributed by atoms with Crippen molar-refractivity contribution in [2.45, 2.75) is 13.3 Å². The van der Waals surface area contributed by atoms with Crippen LogP contribution >= 0.6 is 0 Å². The molecule has 3 rings (SSSR count). The maximum atomic E-state index is 4.64. The second kappa shape index (κ2) is 5.70. The van der Waals surface area contributed by atoms with Crippen LogP contribution in [0, 0.1) is 0 Å². The van der Waals surface area contributed by atoms with Crippen LogP contribution in [0.25, 0.3) is 22.2 Å². The average molecular weight is 263 g/mol. The first-order chi connectivity index (χ1) is 9.86. The van der Waals surface area contributed by atoms with E-state index in [1.165, 1.54) is 0 Å². The van der Waals surface area contributed by atoms with E-state index < -0.39 is 0 Å². The van der Waals surface area contributed by atoms with Crippen molar-refractivity contribution in [2.75, 3.05) is 11.9 Å². The second-order valence-corrected chi connectivity index (χ2v) is 4.75. The van der Waals surface area contributed by atoms with Crippen LogP contribution in [0.2, 0.25) is 0 Å². The zero-order chi connectivity index (χ0) is 13.8. The van der Waals surface area contributed by atoms with E-state index in [1.807, 2.05) is 42.6 Å². The Bertz CT molecular complexity index is 722. The zero-order valence-corrected chi connectivity index (χ0v) is 11.5. The predicted molar refractivity (Wildman–Crippen MR) is 83.8 cm³/mol. The molecule has 0 aliphatic rings. The number of hydrogen-bond donors (Lipinski definition) is 1. The van der Waals surface area contributed by atoms with Crippen molar-refractivity contribution in [1.82, 2.24) is 9.97 Å². The molecule has 0 fully saturated rings. The predicted octanol–water partition coefficient (Wildman–Crippen LogP) is 4.12. The molecule has 3 heteroatoms. The molecule has 20 heavy (non-hydrogen) atoms. The van der Waals surface area contributed by atoms with E-state index in [-0.39, 0.29) is 0 Å². The molecule has 0 saturated carbocycles. The summed E-state index contributed by atoms with van der Waals surface area (Å²) < 4.78 is 0. The third-order valence-corrected chi connectivity index (χ3v) is 3.19. The number of benzene rings is 1. The van der Waals surface area contributed by atoms with Crippen LogP contribution in [0.3, 0.4) is 0 Å². The summed E-state index contributed by atoms with van der Waals surface area (Å²) in [6.45, 7) is 3.08. The van der Waals surface area contributed by atoms with Gasteiger partial charge in [-0.3, -0.25) is 4.98 Å². The molecule has 0 atom stereocenters. The van der Waals surface area contributed by atoms with E-state index in [1.54, 1.807) is 0 Å². The normalized spacial score (nSPS) is 10.7. The largest absolute Gasteiger partial charge is 0.370 e. The van der Waals surface area contributed by atoms with Gasteiger partial charge in [0.05, 0.1) is 11.2 Å². The van der Waals surface area contributed by atoms with E-state index in [4.69, 9.17) is 0 Å². The molecule has 3 aromatic rings. The number of hydrogen-bond acceptors (Lipinski definition) is 3. The molecule has 2 aromatic heterocycles. The Balaban J connectivity index is 1.97. The maximum Gasteiger partial charge on any atom is 0.126 e. The monoisotopic (exact) mass is 263 g/mol. The fourth-order valence-electron chi connectivity index (χ4n) is 2.16. The minimum absolute atomic E-state index is 0.914. The summed E-state index contributed by atoms with van der Waals surface area (Å²) in [7, 11) is 0. The Labute approximate surface area is 118 Å². The van der Waals surface area contributed by atoms with Crippen molar-refractivity contribution < 1.29 is 0 Å². The molecule has 0 saturated heterocycles. The highest BCUT2D eigenvalue weighted by molar-refractivity contribution is 5.82. The highest BCUT2D eigenvalue weighted by Crippen LogP contribution is 2.22. The lowest BCUT2D eigenvalue weighted by Gasteiger charge is -2.07. The molecule has 0 bridgehead atoms. The summed E-state index contributed by atoms with van der Waals surface area (Å²) >= 11 is 0. The average Bonchev–Trinajstić information content (AvgIpc) is 2.53. The van der Waals surface area contributed by atoms with Crippen molar-refractivity contribution in [3.8, 4) is 11.3 Å². The van der Waals surface area contributed by atoms with Crippen LogP contribution in [0.1, 0.15) is 13.3 Å².